The summed E-state index contributed by atoms with van der Waals surface area (Å²) in [4.78, 5) is 31.5. The molecule has 2 aromatic heterocycles. The molecule has 0 radical (unpaired) electrons. The van der Waals surface area contributed by atoms with E-state index in [0.29, 0.717) is 29.8 Å². The molecule has 1 aromatic carbocycles. The zero-order chi connectivity index (χ0) is 28.6. The summed E-state index contributed by atoms with van der Waals surface area (Å²) in [5, 5.41) is 11.2. The fourth-order valence-corrected chi connectivity index (χ4v) is 5.90. The Balaban J connectivity index is 1.08. The Morgan fingerprint density at radius 3 is 2.68 bits per heavy atom. The van der Waals surface area contributed by atoms with Crippen LogP contribution in [-0.4, -0.2) is 76.1 Å². The van der Waals surface area contributed by atoms with Crippen LogP contribution < -0.4 is 10.4 Å². The Bertz CT molecular complexity index is 1270. The number of carbonyl (C=O) groups excluding carboxylic acids is 1. The number of phenols is 1. The van der Waals surface area contributed by atoms with Crippen LogP contribution in [0.25, 0.3) is 10.9 Å². The molecule has 3 aromatic rings. The molecule has 2 fully saturated rings. The first-order valence-electron chi connectivity index (χ1n) is 15.2. The van der Waals surface area contributed by atoms with Crippen molar-refractivity contribution in [3.8, 4) is 5.75 Å². The summed E-state index contributed by atoms with van der Waals surface area (Å²) in [6.07, 6.45) is 12.1. The quantitative estimate of drug-likeness (QED) is 0.310. The number of anilines is 1. The van der Waals surface area contributed by atoms with Crippen LogP contribution in [0.3, 0.4) is 0 Å². The molecule has 2 N–H and O–H groups in total. The number of hydroxylamine groups is 1. The smallest absolute Gasteiger partial charge is 0.278 e. The van der Waals surface area contributed by atoms with Gasteiger partial charge in [-0.3, -0.25) is 4.79 Å². The highest BCUT2D eigenvalue weighted by atomic mass is 16.8. The predicted molar refractivity (Wildman–Crippen MR) is 159 cm³/mol. The number of amides is 1. The van der Waals surface area contributed by atoms with Crippen molar-refractivity contribution in [2.45, 2.75) is 71.6 Å². The lowest BCUT2D eigenvalue weighted by molar-refractivity contribution is -0.186. The molecule has 1 amide bonds. The van der Waals surface area contributed by atoms with E-state index in [0.717, 1.165) is 89.7 Å². The van der Waals surface area contributed by atoms with Crippen LogP contribution in [-0.2, 0) is 22.5 Å². The molecule has 0 aliphatic carbocycles. The summed E-state index contributed by atoms with van der Waals surface area (Å²) >= 11 is 0. The molecule has 1 unspecified atom stereocenters. The van der Waals surface area contributed by atoms with E-state index in [1.807, 2.05) is 6.07 Å². The lowest BCUT2D eigenvalue weighted by Crippen LogP contribution is -2.40. The number of benzene rings is 1. The van der Waals surface area contributed by atoms with E-state index in [-0.39, 0.29) is 12.2 Å². The number of piperidine rings is 1. The number of aryl methyl sites for hydroxylation is 1. The fraction of sp³-hybridized carbons (Fsp3) is 0.581. The maximum atomic E-state index is 12.4. The van der Waals surface area contributed by atoms with Crippen molar-refractivity contribution in [3.05, 3.63) is 47.9 Å². The van der Waals surface area contributed by atoms with E-state index >= 15 is 0 Å². The van der Waals surface area contributed by atoms with Gasteiger partial charge in [0.2, 0.25) is 5.95 Å². The first-order valence-corrected chi connectivity index (χ1v) is 15.2. The van der Waals surface area contributed by atoms with Gasteiger partial charge in [-0.05, 0) is 68.7 Å². The van der Waals surface area contributed by atoms with Crippen LogP contribution >= 0.6 is 0 Å². The topological polar surface area (TPSA) is 105 Å². The molecule has 2 saturated heterocycles. The zero-order valence-electron chi connectivity index (χ0n) is 24.4. The molecule has 1 atom stereocenters. The predicted octanol–water partition coefficient (Wildman–Crippen LogP) is 4.52. The molecule has 2 aliphatic heterocycles. The van der Waals surface area contributed by atoms with Gasteiger partial charge in [-0.25, -0.2) is 20.3 Å². The molecular weight excluding hydrogens is 520 g/mol. The van der Waals surface area contributed by atoms with Crippen molar-refractivity contribution in [3.63, 3.8) is 0 Å². The molecule has 10 heteroatoms. The van der Waals surface area contributed by atoms with Gasteiger partial charge in [-0.2, -0.15) is 0 Å². The number of aromatic nitrogens is 3. The Kier molecular flexibility index (Phi) is 10.1. The molecule has 0 spiro atoms. The van der Waals surface area contributed by atoms with Crippen LogP contribution in [0.2, 0.25) is 0 Å². The van der Waals surface area contributed by atoms with Crippen molar-refractivity contribution < 1.29 is 19.5 Å². The van der Waals surface area contributed by atoms with E-state index in [4.69, 9.17) is 9.57 Å². The fourth-order valence-electron chi connectivity index (χ4n) is 5.90. The maximum Gasteiger partial charge on any atom is 0.278 e. The van der Waals surface area contributed by atoms with E-state index < -0.39 is 0 Å². The van der Waals surface area contributed by atoms with Gasteiger partial charge in [0.05, 0.1) is 11.1 Å². The Labute approximate surface area is 242 Å². The Morgan fingerprint density at radius 1 is 1.17 bits per heavy atom. The largest absolute Gasteiger partial charge is 0.508 e. The summed E-state index contributed by atoms with van der Waals surface area (Å²) in [7, 11) is 0. The van der Waals surface area contributed by atoms with Gasteiger partial charge in [0.15, 0.2) is 6.29 Å². The Morgan fingerprint density at radius 2 is 1.98 bits per heavy atom. The molecule has 41 heavy (non-hydrogen) atoms. The van der Waals surface area contributed by atoms with Crippen LogP contribution in [0, 0.1) is 5.92 Å². The van der Waals surface area contributed by atoms with Gasteiger partial charge in [-0.1, -0.05) is 13.8 Å². The zero-order valence-corrected chi connectivity index (χ0v) is 24.4. The number of ether oxygens (including phenoxy) is 1. The second-order valence-corrected chi connectivity index (χ2v) is 11.2. The molecule has 5 rings (SSSR count). The third-order valence-corrected chi connectivity index (χ3v) is 8.29. The lowest BCUT2D eigenvalue weighted by Gasteiger charge is -2.34. The van der Waals surface area contributed by atoms with E-state index in [1.54, 1.807) is 18.5 Å². The average Bonchev–Trinajstić information content (AvgIpc) is 3.35. The molecule has 4 heterocycles. The first-order chi connectivity index (χ1) is 20.0. The second kappa shape index (κ2) is 14.1. The number of rotatable bonds is 12. The van der Waals surface area contributed by atoms with E-state index in [9.17, 15) is 9.90 Å². The molecule has 0 bridgehead atoms. The number of nitrogens with zero attached hydrogens (tertiary/aromatic N) is 5. The van der Waals surface area contributed by atoms with Crippen molar-refractivity contribution in [1.82, 2.24) is 24.9 Å². The summed E-state index contributed by atoms with van der Waals surface area (Å²) in [6, 6.07) is 5.73. The molecule has 10 nitrogen and oxygen atoms in total. The van der Waals surface area contributed by atoms with Gasteiger partial charge in [0.1, 0.15) is 5.75 Å². The Hall–Kier alpha value is -3.21. The minimum atomic E-state index is -0.388. The minimum Gasteiger partial charge on any atom is -0.508 e. The van der Waals surface area contributed by atoms with Crippen molar-refractivity contribution in [1.29, 1.82) is 0 Å². The number of carbonyl (C=O) groups is 1. The highest BCUT2D eigenvalue weighted by molar-refractivity contribution is 5.92. The number of hydrogen-bond donors (Lipinski definition) is 2. The van der Waals surface area contributed by atoms with Gasteiger partial charge in [0, 0.05) is 75.8 Å². The van der Waals surface area contributed by atoms with Crippen molar-refractivity contribution in [2.75, 3.05) is 44.2 Å². The highest BCUT2D eigenvalue weighted by Crippen LogP contribution is 2.27. The first kappa shape index (κ1) is 29.3. The van der Waals surface area contributed by atoms with E-state index in [2.05, 4.69) is 55.9 Å². The van der Waals surface area contributed by atoms with Gasteiger partial charge in [0.25, 0.3) is 5.91 Å². The lowest BCUT2D eigenvalue weighted by atomic mass is 9.96. The number of aromatic hydroxyl groups is 1. The van der Waals surface area contributed by atoms with Crippen LogP contribution in [0.15, 0.2) is 36.8 Å². The van der Waals surface area contributed by atoms with Crippen LogP contribution in [0.4, 0.5) is 5.95 Å². The number of fused-ring (bicyclic) bond motifs is 1. The van der Waals surface area contributed by atoms with Crippen LogP contribution in [0.5, 0.6) is 5.75 Å². The van der Waals surface area contributed by atoms with Gasteiger partial charge in [-0.15, -0.1) is 0 Å². The van der Waals surface area contributed by atoms with Gasteiger partial charge >= 0.3 is 0 Å². The average molecular weight is 565 g/mol. The minimum absolute atomic E-state index is 0.322. The molecular formula is C31H44N6O4. The summed E-state index contributed by atoms with van der Waals surface area (Å²) in [6.45, 7) is 11.0. The maximum absolute atomic E-state index is 12.4. The highest BCUT2D eigenvalue weighted by Gasteiger charge is 2.23. The van der Waals surface area contributed by atoms with Crippen LogP contribution in [0.1, 0.15) is 68.3 Å². The number of nitrogens with one attached hydrogen (secondary N) is 1. The number of likely N-dealkylation sites (N-methyl/N-ethyl adjacent to an activating group) is 1. The number of phenolic OH excluding ortho intramolecular Hbond substituents is 1. The summed E-state index contributed by atoms with van der Waals surface area (Å²) in [5.74, 6) is 1.26. The van der Waals surface area contributed by atoms with Crippen molar-refractivity contribution >= 4 is 22.8 Å². The normalized spacial score (nSPS) is 18.3. The van der Waals surface area contributed by atoms with Gasteiger partial charge < -0.3 is 24.2 Å². The van der Waals surface area contributed by atoms with Crippen molar-refractivity contribution in [2.24, 2.45) is 5.92 Å². The summed E-state index contributed by atoms with van der Waals surface area (Å²) in [5.41, 5.74) is 5.30. The standard InChI is InChI=1S/C31H44N6O4/c1-3-13-37-22-24(27-9-8-26(38)18-28(27)37)12-14-35(4-2)21-23-10-15-36(16-11-23)31-32-19-25(20-33-31)30(39)34-41-29-7-5-6-17-40-29/h8-9,18-20,22-23,29,38H,3-7,10-17,21H2,1-2H3,(H,34,39). The second-order valence-electron chi connectivity index (χ2n) is 11.2. The molecule has 222 valence electrons. The SMILES string of the molecule is CCCn1cc(CCN(CC)CC2CCN(c3ncc(C(=O)NOC4CCCCO4)cn3)CC2)c2ccc(O)cc21. The monoisotopic (exact) mass is 564 g/mol. The van der Waals surface area contributed by atoms with E-state index in [1.165, 1.54) is 10.9 Å². The third-order valence-electron chi connectivity index (χ3n) is 8.29. The third kappa shape index (κ3) is 7.55. The molecule has 2 aliphatic rings. The molecule has 0 saturated carbocycles. The number of hydrogen-bond acceptors (Lipinski definition) is 8. The summed E-state index contributed by atoms with van der Waals surface area (Å²) < 4.78 is 7.75.